The van der Waals surface area contributed by atoms with Crippen LogP contribution in [0.2, 0.25) is 0 Å². The highest BCUT2D eigenvalue weighted by Crippen LogP contribution is 2.38. The Hall–Kier alpha value is -1.78. The lowest BCUT2D eigenvalue weighted by molar-refractivity contribution is -0.102. The van der Waals surface area contributed by atoms with E-state index in [0.717, 1.165) is 0 Å². The molecule has 90 valence electrons. The first kappa shape index (κ1) is 11.7. The fourth-order valence-corrected chi connectivity index (χ4v) is 1.77. The summed E-state index contributed by atoms with van der Waals surface area (Å²) >= 11 is 0. The van der Waals surface area contributed by atoms with Gasteiger partial charge in [-0.3, -0.25) is 0 Å². The van der Waals surface area contributed by atoms with Crippen LogP contribution in [0.25, 0.3) is 0 Å². The van der Waals surface area contributed by atoms with E-state index in [2.05, 4.69) is 6.58 Å². The molecular formula is C13H14O4. The van der Waals surface area contributed by atoms with E-state index in [1.807, 2.05) is 0 Å². The van der Waals surface area contributed by atoms with Crippen LogP contribution >= 0.6 is 0 Å². The van der Waals surface area contributed by atoms with Crippen molar-refractivity contribution in [2.45, 2.75) is 18.1 Å². The van der Waals surface area contributed by atoms with Crippen molar-refractivity contribution in [1.82, 2.24) is 0 Å². The summed E-state index contributed by atoms with van der Waals surface area (Å²) in [7, 11) is 0. The van der Waals surface area contributed by atoms with Gasteiger partial charge in [0.05, 0.1) is 12.5 Å². The number of aliphatic hydroxyl groups is 2. The minimum absolute atomic E-state index is 0.155. The molecule has 0 fully saturated rings. The lowest BCUT2D eigenvalue weighted by atomic mass is 9.88. The predicted octanol–water partition coefficient (Wildman–Crippen LogP) is 2.37. The van der Waals surface area contributed by atoms with Gasteiger partial charge in [0.2, 0.25) is 0 Å². The Bertz CT molecular complexity index is 458. The molecule has 0 radical (unpaired) electrons. The van der Waals surface area contributed by atoms with Gasteiger partial charge in [0.1, 0.15) is 17.6 Å². The van der Waals surface area contributed by atoms with Crippen molar-refractivity contribution in [2.75, 3.05) is 0 Å². The zero-order chi connectivity index (χ0) is 12.3. The second-order valence-electron chi connectivity index (χ2n) is 3.81. The van der Waals surface area contributed by atoms with Crippen LogP contribution in [-0.2, 0) is 5.60 Å². The van der Waals surface area contributed by atoms with E-state index in [0.29, 0.717) is 0 Å². The molecule has 0 aliphatic carbocycles. The Morgan fingerprint density at radius 1 is 1.29 bits per heavy atom. The van der Waals surface area contributed by atoms with Crippen LogP contribution < -0.4 is 0 Å². The van der Waals surface area contributed by atoms with Crippen molar-refractivity contribution in [3.8, 4) is 0 Å². The van der Waals surface area contributed by atoms with Crippen molar-refractivity contribution in [1.29, 1.82) is 0 Å². The summed E-state index contributed by atoms with van der Waals surface area (Å²) in [4.78, 5) is 0. The second-order valence-corrected chi connectivity index (χ2v) is 3.81. The van der Waals surface area contributed by atoms with Crippen LogP contribution in [0.1, 0.15) is 24.0 Å². The van der Waals surface area contributed by atoms with Crippen LogP contribution in [0.15, 0.2) is 58.3 Å². The molecule has 4 heteroatoms. The van der Waals surface area contributed by atoms with Crippen LogP contribution in [0.3, 0.4) is 0 Å². The van der Waals surface area contributed by atoms with E-state index in [9.17, 15) is 10.2 Å². The maximum Gasteiger partial charge on any atom is 0.158 e. The molecule has 2 aromatic heterocycles. The molecule has 0 aliphatic heterocycles. The number of aliphatic hydroxyl groups excluding tert-OH is 1. The summed E-state index contributed by atoms with van der Waals surface area (Å²) < 4.78 is 10.3. The molecule has 2 N–H and O–H groups in total. The molecule has 0 bridgehead atoms. The lowest BCUT2D eigenvalue weighted by Crippen LogP contribution is -2.32. The largest absolute Gasteiger partial charge is 0.466 e. The third-order valence-corrected chi connectivity index (χ3v) is 2.67. The average Bonchev–Trinajstić information content (AvgIpc) is 3.01. The normalized spacial score (nSPS) is 16.4. The van der Waals surface area contributed by atoms with Crippen molar-refractivity contribution < 1.29 is 19.0 Å². The van der Waals surface area contributed by atoms with E-state index >= 15 is 0 Å². The first-order chi connectivity index (χ1) is 8.18. The fourth-order valence-electron chi connectivity index (χ4n) is 1.77. The van der Waals surface area contributed by atoms with Gasteiger partial charge >= 0.3 is 0 Å². The maximum absolute atomic E-state index is 10.5. The van der Waals surface area contributed by atoms with E-state index < -0.39 is 11.7 Å². The summed E-state index contributed by atoms with van der Waals surface area (Å²) in [6.45, 7) is 3.58. The van der Waals surface area contributed by atoms with Crippen LogP contribution in [0, 0.1) is 0 Å². The second kappa shape index (κ2) is 4.61. The van der Waals surface area contributed by atoms with E-state index in [1.165, 1.54) is 18.6 Å². The summed E-state index contributed by atoms with van der Waals surface area (Å²) in [5.74, 6) is 0.562. The monoisotopic (exact) mass is 234 g/mol. The smallest absolute Gasteiger partial charge is 0.158 e. The lowest BCUT2D eigenvalue weighted by Gasteiger charge is -2.28. The van der Waals surface area contributed by atoms with Crippen molar-refractivity contribution in [3.63, 3.8) is 0 Å². The number of hydrogen-bond donors (Lipinski definition) is 2. The molecule has 0 aromatic carbocycles. The van der Waals surface area contributed by atoms with Crippen molar-refractivity contribution in [2.24, 2.45) is 0 Å². The molecule has 2 heterocycles. The van der Waals surface area contributed by atoms with Gasteiger partial charge in [0, 0.05) is 6.42 Å². The Balaban J connectivity index is 2.37. The highest BCUT2D eigenvalue weighted by atomic mass is 16.4. The standard InChI is InChI=1S/C13H14O4/c1-2-7-13(15,11-6-4-9-17-11)12(14)10-5-3-8-16-10/h2-6,8-9,12,14-15H,1,7H2. The quantitative estimate of drug-likeness (QED) is 0.779. The number of rotatable bonds is 5. The van der Waals surface area contributed by atoms with Gasteiger partial charge < -0.3 is 19.0 Å². The predicted molar refractivity (Wildman–Crippen MR) is 61.1 cm³/mol. The van der Waals surface area contributed by atoms with E-state index in [4.69, 9.17) is 8.83 Å². The Morgan fingerprint density at radius 3 is 2.53 bits per heavy atom. The van der Waals surface area contributed by atoms with Gasteiger partial charge in [-0.25, -0.2) is 0 Å². The molecule has 2 rings (SSSR count). The minimum atomic E-state index is -1.57. The zero-order valence-corrected chi connectivity index (χ0v) is 9.24. The average molecular weight is 234 g/mol. The molecule has 4 nitrogen and oxygen atoms in total. The van der Waals surface area contributed by atoms with Gasteiger partial charge in [-0.1, -0.05) is 6.08 Å². The molecular weight excluding hydrogens is 220 g/mol. The van der Waals surface area contributed by atoms with Crippen molar-refractivity contribution >= 4 is 0 Å². The van der Waals surface area contributed by atoms with Crippen LogP contribution in [0.4, 0.5) is 0 Å². The van der Waals surface area contributed by atoms with Crippen LogP contribution in [0.5, 0.6) is 0 Å². The molecule has 0 spiro atoms. The molecule has 0 saturated carbocycles. The van der Waals surface area contributed by atoms with Gasteiger partial charge in [-0.15, -0.1) is 6.58 Å². The summed E-state index contributed by atoms with van der Waals surface area (Å²) in [5, 5.41) is 20.7. The Kier molecular flexibility index (Phi) is 3.17. The molecule has 2 aromatic rings. The summed E-state index contributed by atoms with van der Waals surface area (Å²) in [5.41, 5.74) is -1.57. The topological polar surface area (TPSA) is 66.7 Å². The Labute approximate surface area is 98.8 Å². The highest BCUT2D eigenvalue weighted by molar-refractivity contribution is 5.18. The van der Waals surface area contributed by atoms with Gasteiger partial charge in [-0.05, 0) is 24.3 Å². The van der Waals surface area contributed by atoms with Gasteiger partial charge in [0.25, 0.3) is 0 Å². The first-order valence-electron chi connectivity index (χ1n) is 5.27. The van der Waals surface area contributed by atoms with E-state index in [1.54, 1.807) is 24.3 Å². The summed E-state index contributed by atoms with van der Waals surface area (Å²) in [6, 6.07) is 6.50. The maximum atomic E-state index is 10.5. The molecule has 17 heavy (non-hydrogen) atoms. The number of furan rings is 2. The molecule has 0 amide bonds. The number of hydrogen-bond acceptors (Lipinski definition) is 4. The SMILES string of the molecule is C=CCC(O)(c1ccco1)C(O)c1ccco1. The van der Waals surface area contributed by atoms with Gasteiger partial charge in [-0.2, -0.15) is 0 Å². The van der Waals surface area contributed by atoms with Crippen LogP contribution in [-0.4, -0.2) is 10.2 Å². The fraction of sp³-hybridized carbons (Fsp3) is 0.231. The van der Waals surface area contributed by atoms with E-state index in [-0.39, 0.29) is 17.9 Å². The van der Waals surface area contributed by atoms with Crippen molar-refractivity contribution in [3.05, 3.63) is 61.0 Å². The zero-order valence-electron chi connectivity index (χ0n) is 9.24. The highest BCUT2D eigenvalue weighted by Gasteiger charge is 2.41. The molecule has 2 unspecified atom stereocenters. The molecule has 2 atom stereocenters. The first-order valence-corrected chi connectivity index (χ1v) is 5.27. The minimum Gasteiger partial charge on any atom is -0.466 e. The summed E-state index contributed by atoms with van der Waals surface area (Å²) in [6.07, 6.45) is 3.35. The molecule has 0 aliphatic rings. The molecule has 0 saturated heterocycles. The van der Waals surface area contributed by atoms with Gasteiger partial charge in [0.15, 0.2) is 5.60 Å². The third-order valence-electron chi connectivity index (χ3n) is 2.67. The Morgan fingerprint density at radius 2 is 2.00 bits per heavy atom. The third kappa shape index (κ3) is 2.05.